The van der Waals surface area contributed by atoms with E-state index in [-0.39, 0.29) is 11.3 Å². The van der Waals surface area contributed by atoms with Gasteiger partial charge < -0.3 is 5.11 Å². The first kappa shape index (κ1) is 15.1. The van der Waals surface area contributed by atoms with Crippen LogP contribution in [0.4, 0.5) is 5.69 Å². The maximum Gasteiger partial charge on any atom is 0.307 e. The Morgan fingerprint density at radius 2 is 1.62 bits per heavy atom. The first-order chi connectivity index (χ1) is 9.91. The molecule has 0 aliphatic rings. The van der Waals surface area contributed by atoms with Crippen molar-refractivity contribution < 1.29 is 18.3 Å². The van der Waals surface area contributed by atoms with Crippen LogP contribution < -0.4 is 4.31 Å². The van der Waals surface area contributed by atoms with E-state index in [2.05, 4.69) is 0 Å². The molecule has 0 atom stereocenters. The van der Waals surface area contributed by atoms with Crippen molar-refractivity contribution in [2.24, 2.45) is 0 Å². The minimum atomic E-state index is -3.61. The Hall–Kier alpha value is -2.34. The predicted molar refractivity (Wildman–Crippen MR) is 79.8 cm³/mol. The Bertz CT molecular complexity index is 724. The van der Waals surface area contributed by atoms with E-state index in [9.17, 15) is 13.2 Å². The lowest BCUT2D eigenvalue weighted by Crippen LogP contribution is -2.26. The van der Waals surface area contributed by atoms with Crippen LogP contribution >= 0.6 is 0 Å². The van der Waals surface area contributed by atoms with Crippen molar-refractivity contribution in [2.45, 2.75) is 11.3 Å². The number of sulfonamides is 1. The number of carboxylic acids is 1. The zero-order chi connectivity index (χ0) is 15.5. The molecule has 0 amide bonds. The highest BCUT2D eigenvalue weighted by atomic mass is 32.2. The van der Waals surface area contributed by atoms with Gasteiger partial charge in [-0.05, 0) is 29.8 Å². The molecule has 110 valence electrons. The number of carboxylic acid groups (broad SMARTS) is 1. The Balaban J connectivity index is 2.27. The fourth-order valence-corrected chi connectivity index (χ4v) is 3.10. The molecule has 0 saturated carbocycles. The van der Waals surface area contributed by atoms with Gasteiger partial charge in [0, 0.05) is 7.05 Å². The van der Waals surface area contributed by atoms with Crippen molar-refractivity contribution >= 4 is 21.7 Å². The fraction of sp³-hybridized carbons (Fsp3) is 0.133. The first-order valence-corrected chi connectivity index (χ1v) is 7.70. The normalized spacial score (nSPS) is 11.1. The van der Waals surface area contributed by atoms with E-state index in [1.807, 2.05) is 0 Å². The van der Waals surface area contributed by atoms with Crippen LogP contribution in [0.5, 0.6) is 0 Å². The highest BCUT2D eigenvalue weighted by Gasteiger charge is 2.20. The van der Waals surface area contributed by atoms with Crippen LogP contribution in [0, 0.1) is 0 Å². The van der Waals surface area contributed by atoms with Crippen molar-refractivity contribution in [3.63, 3.8) is 0 Å². The zero-order valence-corrected chi connectivity index (χ0v) is 12.2. The van der Waals surface area contributed by atoms with E-state index in [4.69, 9.17) is 5.11 Å². The molecule has 21 heavy (non-hydrogen) atoms. The summed E-state index contributed by atoms with van der Waals surface area (Å²) in [5.74, 6) is -0.923. The molecule has 6 heteroatoms. The molecule has 0 aliphatic heterocycles. The number of nitrogens with zero attached hydrogens (tertiary/aromatic N) is 1. The van der Waals surface area contributed by atoms with Crippen LogP contribution in [0.15, 0.2) is 59.5 Å². The number of hydrogen-bond donors (Lipinski definition) is 1. The molecular weight excluding hydrogens is 290 g/mol. The lowest BCUT2D eigenvalue weighted by atomic mass is 10.1. The van der Waals surface area contributed by atoms with E-state index in [1.54, 1.807) is 42.5 Å². The summed E-state index contributed by atoms with van der Waals surface area (Å²) in [6, 6.07) is 14.6. The highest BCUT2D eigenvalue weighted by molar-refractivity contribution is 7.92. The Kier molecular flexibility index (Phi) is 4.28. The zero-order valence-electron chi connectivity index (χ0n) is 11.4. The van der Waals surface area contributed by atoms with Gasteiger partial charge in [-0.15, -0.1) is 0 Å². The third-order valence-corrected chi connectivity index (χ3v) is 4.86. The number of rotatable bonds is 5. The van der Waals surface area contributed by atoms with Crippen molar-refractivity contribution in [2.75, 3.05) is 11.4 Å². The van der Waals surface area contributed by atoms with E-state index in [1.165, 1.54) is 23.5 Å². The molecule has 0 radical (unpaired) electrons. The monoisotopic (exact) mass is 305 g/mol. The first-order valence-electron chi connectivity index (χ1n) is 6.26. The lowest BCUT2D eigenvalue weighted by Gasteiger charge is -2.19. The third kappa shape index (κ3) is 3.41. The smallest absolute Gasteiger partial charge is 0.307 e. The Morgan fingerprint density at radius 3 is 2.14 bits per heavy atom. The molecule has 0 aromatic heterocycles. The van der Waals surface area contributed by atoms with E-state index in [0.29, 0.717) is 11.3 Å². The van der Waals surface area contributed by atoms with Gasteiger partial charge in [0.05, 0.1) is 17.0 Å². The van der Waals surface area contributed by atoms with Gasteiger partial charge in [-0.2, -0.15) is 0 Å². The predicted octanol–water partition coefficient (Wildman–Crippen LogP) is 2.14. The summed E-state index contributed by atoms with van der Waals surface area (Å²) in [4.78, 5) is 10.8. The molecule has 5 nitrogen and oxygen atoms in total. The van der Waals surface area contributed by atoms with Crippen LogP contribution in [0.3, 0.4) is 0 Å². The molecule has 0 heterocycles. The summed E-state index contributed by atoms with van der Waals surface area (Å²) in [7, 11) is -2.14. The van der Waals surface area contributed by atoms with Crippen LogP contribution in [0.2, 0.25) is 0 Å². The fourth-order valence-electron chi connectivity index (χ4n) is 1.89. The molecule has 1 N–H and O–H groups in total. The standard InChI is InChI=1S/C15H15NO4S/c1-16(21(19,20)14-5-3-2-4-6-14)13-9-7-12(8-10-13)11-15(17)18/h2-10H,11H2,1H3,(H,17,18). The molecule has 2 aromatic carbocycles. The number of aliphatic carboxylic acids is 1. The van der Waals surface area contributed by atoms with E-state index >= 15 is 0 Å². The Morgan fingerprint density at radius 1 is 1.05 bits per heavy atom. The quantitative estimate of drug-likeness (QED) is 0.918. The lowest BCUT2D eigenvalue weighted by molar-refractivity contribution is -0.136. The number of carbonyl (C=O) groups is 1. The summed E-state index contributed by atoms with van der Waals surface area (Å²) in [5.41, 5.74) is 1.10. The van der Waals surface area contributed by atoms with Gasteiger partial charge in [-0.1, -0.05) is 30.3 Å². The largest absolute Gasteiger partial charge is 0.481 e. The second-order valence-electron chi connectivity index (χ2n) is 4.52. The second-order valence-corrected chi connectivity index (χ2v) is 6.49. The van der Waals surface area contributed by atoms with Gasteiger partial charge in [0.15, 0.2) is 0 Å². The van der Waals surface area contributed by atoms with Gasteiger partial charge in [-0.3, -0.25) is 9.10 Å². The summed E-state index contributed by atoms with van der Waals surface area (Å²) < 4.78 is 26.0. The summed E-state index contributed by atoms with van der Waals surface area (Å²) in [6.07, 6.45) is -0.0879. The number of hydrogen-bond acceptors (Lipinski definition) is 3. The van der Waals surface area contributed by atoms with E-state index in [0.717, 1.165) is 0 Å². The molecule has 0 spiro atoms. The maximum atomic E-state index is 12.4. The van der Waals surface area contributed by atoms with Crippen LogP contribution in [0.1, 0.15) is 5.56 Å². The van der Waals surface area contributed by atoms with Crippen LogP contribution in [-0.2, 0) is 21.2 Å². The molecule has 0 aliphatic carbocycles. The van der Waals surface area contributed by atoms with Crippen molar-refractivity contribution in [1.82, 2.24) is 0 Å². The molecule has 2 rings (SSSR count). The minimum absolute atomic E-state index is 0.0879. The van der Waals surface area contributed by atoms with Gasteiger partial charge in [0.25, 0.3) is 10.0 Å². The van der Waals surface area contributed by atoms with Crippen molar-refractivity contribution in [3.05, 3.63) is 60.2 Å². The van der Waals surface area contributed by atoms with Crippen LogP contribution in [-0.4, -0.2) is 26.5 Å². The molecule has 0 saturated heterocycles. The second kappa shape index (κ2) is 5.97. The minimum Gasteiger partial charge on any atom is -0.481 e. The van der Waals surface area contributed by atoms with Crippen molar-refractivity contribution in [3.8, 4) is 0 Å². The summed E-state index contributed by atoms with van der Waals surface area (Å²) in [6.45, 7) is 0. The van der Waals surface area contributed by atoms with Gasteiger partial charge >= 0.3 is 5.97 Å². The SMILES string of the molecule is CN(c1ccc(CC(=O)O)cc1)S(=O)(=O)c1ccccc1. The average Bonchev–Trinajstić information content (AvgIpc) is 2.47. The number of benzene rings is 2. The van der Waals surface area contributed by atoms with E-state index < -0.39 is 16.0 Å². The molecular formula is C15H15NO4S. The average molecular weight is 305 g/mol. The maximum absolute atomic E-state index is 12.4. The van der Waals surface area contributed by atoms with Crippen LogP contribution in [0.25, 0.3) is 0 Å². The van der Waals surface area contributed by atoms with Gasteiger partial charge in [0.2, 0.25) is 0 Å². The summed E-state index contributed by atoms with van der Waals surface area (Å²) in [5, 5.41) is 8.72. The highest BCUT2D eigenvalue weighted by Crippen LogP contribution is 2.22. The van der Waals surface area contributed by atoms with Crippen molar-refractivity contribution in [1.29, 1.82) is 0 Å². The molecule has 0 bridgehead atoms. The summed E-state index contributed by atoms with van der Waals surface area (Å²) >= 11 is 0. The number of anilines is 1. The molecule has 0 unspecified atom stereocenters. The third-order valence-electron chi connectivity index (χ3n) is 3.06. The van der Waals surface area contributed by atoms with Gasteiger partial charge in [-0.25, -0.2) is 8.42 Å². The van der Waals surface area contributed by atoms with Gasteiger partial charge in [0.1, 0.15) is 0 Å². The molecule has 0 fully saturated rings. The topological polar surface area (TPSA) is 74.7 Å². The Labute approximate surface area is 123 Å². The molecule has 2 aromatic rings.